The van der Waals surface area contributed by atoms with Gasteiger partial charge in [0.05, 0.1) is 0 Å². The van der Waals surface area contributed by atoms with Gasteiger partial charge < -0.3 is 10.2 Å². The maximum absolute atomic E-state index is 11.7. The Bertz CT molecular complexity index is 465. The van der Waals surface area contributed by atoms with Gasteiger partial charge in [-0.05, 0) is 55.6 Å². The molecule has 0 aromatic carbocycles. The molecule has 108 valence electrons. The Hall–Kier alpha value is -1.65. The predicted octanol–water partition coefficient (Wildman–Crippen LogP) is 2.03. The third-order valence-electron chi connectivity index (χ3n) is 4.26. The molecule has 1 heterocycles. The second kappa shape index (κ2) is 5.38. The molecule has 1 aromatic rings. The summed E-state index contributed by atoms with van der Waals surface area (Å²) >= 11 is 0. The molecule has 0 saturated heterocycles. The third kappa shape index (κ3) is 3.08. The van der Waals surface area contributed by atoms with Gasteiger partial charge in [-0.2, -0.15) is 0 Å². The minimum absolute atomic E-state index is 0.113. The fraction of sp³-hybridized carbons (Fsp3) is 0.667. The van der Waals surface area contributed by atoms with Crippen LogP contribution in [0.25, 0.3) is 0 Å². The molecule has 5 heteroatoms. The molecule has 1 aromatic heterocycles. The molecule has 1 amide bonds. The average Bonchev–Trinajstić information content (AvgIpc) is 3.32. The van der Waals surface area contributed by atoms with Gasteiger partial charge in [0.25, 0.3) is 5.91 Å². The normalized spacial score (nSPS) is 18.1. The minimum Gasteiger partial charge on any atom is -0.368 e. The lowest BCUT2D eigenvalue weighted by Crippen LogP contribution is -2.23. The zero-order chi connectivity index (χ0) is 14.1. The van der Waals surface area contributed by atoms with Crippen molar-refractivity contribution in [2.24, 2.45) is 17.8 Å². The lowest BCUT2D eigenvalue weighted by molar-refractivity contribution is 0.0821. The fourth-order valence-electron chi connectivity index (χ4n) is 2.76. The van der Waals surface area contributed by atoms with Crippen molar-refractivity contribution in [2.45, 2.75) is 25.7 Å². The molecule has 2 saturated carbocycles. The van der Waals surface area contributed by atoms with Crippen LogP contribution in [-0.2, 0) is 0 Å². The Morgan fingerprint density at radius 1 is 1.25 bits per heavy atom. The van der Waals surface area contributed by atoms with Gasteiger partial charge in [0.2, 0.25) is 0 Å². The molecule has 1 N–H and O–H groups in total. The first kappa shape index (κ1) is 13.3. The number of hydrogen-bond acceptors (Lipinski definition) is 4. The molecule has 2 aliphatic rings. The van der Waals surface area contributed by atoms with Crippen molar-refractivity contribution >= 4 is 11.7 Å². The third-order valence-corrected chi connectivity index (χ3v) is 4.26. The van der Waals surface area contributed by atoms with E-state index in [-0.39, 0.29) is 5.91 Å². The highest BCUT2D eigenvalue weighted by molar-refractivity contribution is 5.91. The van der Waals surface area contributed by atoms with Crippen LogP contribution in [0.4, 0.5) is 5.82 Å². The van der Waals surface area contributed by atoms with Crippen molar-refractivity contribution in [1.29, 1.82) is 0 Å². The first-order valence-electron chi connectivity index (χ1n) is 7.44. The highest BCUT2D eigenvalue weighted by Gasteiger charge is 2.41. The number of anilines is 1. The lowest BCUT2D eigenvalue weighted by atomic mass is 9.98. The number of aromatic nitrogens is 2. The van der Waals surface area contributed by atoms with Crippen molar-refractivity contribution in [3.05, 3.63) is 17.8 Å². The van der Waals surface area contributed by atoms with Gasteiger partial charge in [-0.25, -0.2) is 0 Å². The monoisotopic (exact) mass is 274 g/mol. The highest BCUT2D eigenvalue weighted by Crippen LogP contribution is 2.49. The summed E-state index contributed by atoms with van der Waals surface area (Å²) in [5.41, 5.74) is 0.390. The number of nitrogens with zero attached hydrogens (tertiary/aromatic N) is 3. The summed E-state index contributed by atoms with van der Waals surface area (Å²) in [5.74, 6) is 3.32. The van der Waals surface area contributed by atoms with Gasteiger partial charge in [-0.3, -0.25) is 4.79 Å². The lowest BCUT2D eigenvalue weighted by Gasteiger charge is -2.16. The number of carbonyl (C=O) groups is 1. The highest BCUT2D eigenvalue weighted by atomic mass is 16.2. The van der Waals surface area contributed by atoms with Crippen LogP contribution in [-0.4, -0.2) is 41.6 Å². The van der Waals surface area contributed by atoms with E-state index in [1.165, 1.54) is 30.6 Å². The summed E-state index contributed by atoms with van der Waals surface area (Å²) in [6.45, 7) is 0.991. The SMILES string of the molecule is CN(C)C(=O)c1ccc(NCC(C2CC2)C2CC2)nn1. The van der Waals surface area contributed by atoms with Crippen LogP contribution in [0, 0.1) is 17.8 Å². The van der Waals surface area contributed by atoms with Crippen molar-refractivity contribution in [2.75, 3.05) is 26.0 Å². The molecule has 0 bridgehead atoms. The van der Waals surface area contributed by atoms with Crippen molar-refractivity contribution in [3.63, 3.8) is 0 Å². The zero-order valence-electron chi connectivity index (χ0n) is 12.2. The van der Waals surface area contributed by atoms with Gasteiger partial charge >= 0.3 is 0 Å². The first-order chi connectivity index (χ1) is 9.65. The van der Waals surface area contributed by atoms with E-state index in [4.69, 9.17) is 0 Å². The number of carbonyl (C=O) groups excluding carboxylic acids is 1. The van der Waals surface area contributed by atoms with E-state index in [9.17, 15) is 4.79 Å². The van der Waals surface area contributed by atoms with E-state index in [2.05, 4.69) is 15.5 Å². The Morgan fingerprint density at radius 2 is 1.90 bits per heavy atom. The zero-order valence-corrected chi connectivity index (χ0v) is 12.2. The largest absolute Gasteiger partial charge is 0.368 e. The molecular weight excluding hydrogens is 252 g/mol. The molecule has 0 radical (unpaired) electrons. The predicted molar refractivity (Wildman–Crippen MR) is 77.5 cm³/mol. The van der Waals surface area contributed by atoms with Gasteiger partial charge in [-0.1, -0.05) is 0 Å². The average molecular weight is 274 g/mol. The molecule has 3 rings (SSSR count). The molecule has 2 fully saturated rings. The fourth-order valence-corrected chi connectivity index (χ4v) is 2.76. The second-order valence-corrected chi connectivity index (χ2v) is 6.22. The molecule has 0 spiro atoms. The standard InChI is InChI=1S/C15H22N4O/c1-19(2)15(20)13-7-8-14(18-17-13)16-9-12(10-3-4-10)11-5-6-11/h7-8,10-12H,3-6,9H2,1-2H3,(H,16,18). The molecule has 0 aliphatic heterocycles. The maximum Gasteiger partial charge on any atom is 0.273 e. The van der Waals surface area contributed by atoms with Crippen molar-refractivity contribution in [1.82, 2.24) is 15.1 Å². The summed E-state index contributed by atoms with van der Waals surface area (Å²) in [5, 5.41) is 11.5. The van der Waals surface area contributed by atoms with E-state index >= 15 is 0 Å². The van der Waals surface area contributed by atoms with Crippen molar-refractivity contribution < 1.29 is 4.79 Å². The van der Waals surface area contributed by atoms with Crippen LogP contribution in [0.5, 0.6) is 0 Å². The summed E-state index contributed by atoms with van der Waals surface area (Å²) in [4.78, 5) is 13.2. The molecule has 0 unspecified atom stereocenters. The van der Waals surface area contributed by atoms with Crippen LogP contribution in [0.15, 0.2) is 12.1 Å². The Morgan fingerprint density at radius 3 is 2.35 bits per heavy atom. The molecule has 20 heavy (non-hydrogen) atoms. The Labute approximate surface area is 119 Å². The molecule has 2 aliphatic carbocycles. The van der Waals surface area contributed by atoms with Gasteiger partial charge in [0, 0.05) is 20.6 Å². The Balaban J connectivity index is 1.56. The van der Waals surface area contributed by atoms with Crippen LogP contribution in [0.2, 0.25) is 0 Å². The first-order valence-corrected chi connectivity index (χ1v) is 7.44. The van der Waals surface area contributed by atoms with E-state index in [0.717, 1.165) is 30.1 Å². The molecule has 5 nitrogen and oxygen atoms in total. The smallest absolute Gasteiger partial charge is 0.273 e. The molecular formula is C15H22N4O. The minimum atomic E-state index is -0.113. The molecule has 0 atom stereocenters. The van der Waals surface area contributed by atoms with Gasteiger partial charge in [-0.15, -0.1) is 10.2 Å². The number of amides is 1. The summed E-state index contributed by atoms with van der Waals surface area (Å²) in [6.07, 6.45) is 5.57. The summed E-state index contributed by atoms with van der Waals surface area (Å²) < 4.78 is 0. The quantitative estimate of drug-likeness (QED) is 0.862. The topological polar surface area (TPSA) is 58.1 Å². The van der Waals surface area contributed by atoms with Crippen LogP contribution in [0.3, 0.4) is 0 Å². The summed E-state index contributed by atoms with van der Waals surface area (Å²) in [6, 6.07) is 3.58. The number of nitrogens with one attached hydrogen (secondary N) is 1. The van der Waals surface area contributed by atoms with E-state index in [1.807, 2.05) is 6.07 Å². The van der Waals surface area contributed by atoms with Gasteiger partial charge in [0.15, 0.2) is 5.69 Å². The van der Waals surface area contributed by atoms with E-state index in [0.29, 0.717) is 5.69 Å². The van der Waals surface area contributed by atoms with E-state index < -0.39 is 0 Å². The van der Waals surface area contributed by atoms with E-state index in [1.54, 1.807) is 20.2 Å². The second-order valence-electron chi connectivity index (χ2n) is 6.22. The maximum atomic E-state index is 11.7. The summed E-state index contributed by atoms with van der Waals surface area (Å²) in [7, 11) is 3.43. The van der Waals surface area contributed by atoms with Crippen LogP contribution >= 0.6 is 0 Å². The van der Waals surface area contributed by atoms with Crippen LogP contribution < -0.4 is 5.32 Å². The Kier molecular flexibility index (Phi) is 3.59. The van der Waals surface area contributed by atoms with Crippen molar-refractivity contribution in [3.8, 4) is 0 Å². The van der Waals surface area contributed by atoms with Crippen LogP contribution in [0.1, 0.15) is 36.2 Å². The van der Waals surface area contributed by atoms with Gasteiger partial charge in [0.1, 0.15) is 5.82 Å². The number of rotatable bonds is 6. The number of hydrogen-bond donors (Lipinski definition) is 1.